The number of benzene rings is 1. The van der Waals surface area contributed by atoms with Crippen molar-refractivity contribution >= 4 is 5.82 Å². The van der Waals surface area contributed by atoms with Crippen molar-refractivity contribution in [2.24, 2.45) is 0 Å². The van der Waals surface area contributed by atoms with Gasteiger partial charge in [0, 0.05) is 25.1 Å². The third kappa shape index (κ3) is 2.96. The molecular weight excluding hydrogens is 302 g/mol. The van der Waals surface area contributed by atoms with Crippen LogP contribution in [0.25, 0.3) is 0 Å². The molecule has 3 heterocycles. The Kier molecular flexibility index (Phi) is 4.10. The summed E-state index contributed by atoms with van der Waals surface area (Å²) in [5.41, 5.74) is 1.44. The Balaban J connectivity index is 1.41. The molecule has 1 spiro atoms. The lowest BCUT2D eigenvalue weighted by molar-refractivity contribution is -0.0149. The SMILES string of the molecule is COc1cc(N2CCC3(CC2)CC(c2ccccc2)CO3)ncn1. The highest BCUT2D eigenvalue weighted by molar-refractivity contribution is 5.41. The summed E-state index contributed by atoms with van der Waals surface area (Å²) in [5.74, 6) is 2.08. The summed E-state index contributed by atoms with van der Waals surface area (Å²) in [5, 5.41) is 0. The van der Waals surface area contributed by atoms with E-state index in [9.17, 15) is 0 Å². The fourth-order valence-electron chi connectivity index (χ4n) is 3.89. The van der Waals surface area contributed by atoms with Crippen molar-refractivity contribution in [2.45, 2.75) is 30.8 Å². The van der Waals surface area contributed by atoms with Crippen LogP contribution < -0.4 is 9.64 Å². The molecule has 5 nitrogen and oxygen atoms in total. The van der Waals surface area contributed by atoms with Gasteiger partial charge in [0.2, 0.25) is 5.88 Å². The second-order valence-corrected chi connectivity index (χ2v) is 6.71. The summed E-state index contributed by atoms with van der Waals surface area (Å²) in [6, 6.07) is 12.6. The fourth-order valence-corrected chi connectivity index (χ4v) is 3.89. The molecule has 126 valence electrons. The number of methoxy groups -OCH3 is 1. The fraction of sp³-hybridized carbons (Fsp3) is 0.474. The molecular formula is C19H23N3O2. The standard InChI is InChI=1S/C19H23N3O2/c1-23-18-11-17(20-14-21-18)22-9-7-19(8-10-22)12-16(13-24-19)15-5-3-2-4-6-15/h2-6,11,14,16H,7-10,12-13H2,1H3. The lowest BCUT2D eigenvalue weighted by Crippen LogP contribution is -2.44. The van der Waals surface area contributed by atoms with E-state index in [4.69, 9.17) is 9.47 Å². The van der Waals surface area contributed by atoms with Gasteiger partial charge in [0.05, 0.1) is 19.3 Å². The number of ether oxygens (including phenoxy) is 2. The molecule has 0 aliphatic carbocycles. The summed E-state index contributed by atoms with van der Waals surface area (Å²) in [6.07, 6.45) is 4.78. The Hall–Kier alpha value is -2.14. The predicted molar refractivity (Wildman–Crippen MR) is 92.5 cm³/mol. The Morgan fingerprint density at radius 3 is 2.71 bits per heavy atom. The van der Waals surface area contributed by atoms with Gasteiger partial charge in [-0.25, -0.2) is 9.97 Å². The number of hydrogen-bond donors (Lipinski definition) is 0. The van der Waals surface area contributed by atoms with Crippen LogP contribution in [0, 0.1) is 0 Å². The first-order valence-corrected chi connectivity index (χ1v) is 8.58. The summed E-state index contributed by atoms with van der Waals surface area (Å²) >= 11 is 0. The van der Waals surface area contributed by atoms with E-state index in [0.717, 1.165) is 44.8 Å². The number of anilines is 1. The van der Waals surface area contributed by atoms with Crippen LogP contribution in [0.3, 0.4) is 0 Å². The minimum absolute atomic E-state index is 0.0358. The monoisotopic (exact) mass is 325 g/mol. The Morgan fingerprint density at radius 2 is 1.96 bits per heavy atom. The molecule has 1 unspecified atom stereocenters. The van der Waals surface area contributed by atoms with E-state index in [1.165, 1.54) is 5.56 Å². The Bertz CT molecular complexity index is 684. The molecule has 2 saturated heterocycles. The van der Waals surface area contributed by atoms with Crippen LogP contribution in [0.1, 0.15) is 30.7 Å². The molecule has 0 amide bonds. The molecule has 1 atom stereocenters. The maximum absolute atomic E-state index is 6.29. The molecule has 4 rings (SSSR count). The van der Waals surface area contributed by atoms with Gasteiger partial charge in [0.25, 0.3) is 0 Å². The van der Waals surface area contributed by atoms with E-state index in [2.05, 4.69) is 45.2 Å². The quantitative estimate of drug-likeness (QED) is 0.868. The van der Waals surface area contributed by atoms with Gasteiger partial charge in [-0.2, -0.15) is 0 Å². The Labute approximate surface area is 142 Å². The smallest absolute Gasteiger partial charge is 0.218 e. The lowest BCUT2D eigenvalue weighted by atomic mass is 9.83. The first-order chi connectivity index (χ1) is 11.8. The molecule has 2 aliphatic rings. The number of aromatic nitrogens is 2. The van der Waals surface area contributed by atoms with Crippen molar-refractivity contribution in [3.63, 3.8) is 0 Å². The van der Waals surface area contributed by atoms with Crippen molar-refractivity contribution in [1.82, 2.24) is 9.97 Å². The van der Waals surface area contributed by atoms with Crippen LogP contribution in [0.2, 0.25) is 0 Å². The van der Waals surface area contributed by atoms with Crippen molar-refractivity contribution in [2.75, 3.05) is 31.7 Å². The summed E-state index contributed by atoms with van der Waals surface area (Å²) in [7, 11) is 1.63. The lowest BCUT2D eigenvalue weighted by Gasteiger charge is -2.39. The summed E-state index contributed by atoms with van der Waals surface area (Å²) < 4.78 is 11.5. The molecule has 2 aromatic rings. The molecule has 0 radical (unpaired) electrons. The molecule has 1 aromatic carbocycles. The van der Waals surface area contributed by atoms with Crippen molar-refractivity contribution in [1.29, 1.82) is 0 Å². The molecule has 5 heteroatoms. The molecule has 2 aliphatic heterocycles. The topological polar surface area (TPSA) is 47.5 Å². The maximum atomic E-state index is 6.29. The van der Waals surface area contributed by atoms with Gasteiger partial charge in [-0.15, -0.1) is 0 Å². The number of hydrogen-bond acceptors (Lipinski definition) is 5. The van der Waals surface area contributed by atoms with Crippen molar-refractivity contribution in [3.8, 4) is 5.88 Å². The predicted octanol–water partition coefficient (Wildman–Crippen LogP) is 3.03. The van der Waals surface area contributed by atoms with Gasteiger partial charge in [0.15, 0.2) is 0 Å². The highest BCUT2D eigenvalue weighted by Crippen LogP contribution is 2.43. The molecule has 0 N–H and O–H groups in total. The molecule has 24 heavy (non-hydrogen) atoms. The maximum Gasteiger partial charge on any atom is 0.218 e. The van der Waals surface area contributed by atoms with Crippen molar-refractivity contribution in [3.05, 3.63) is 48.3 Å². The van der Waals surface area contributed by atoms with Gasteiger partial charge in [-0.05, 0) is 24.8 Å². The van der Waals surface area contributed by atoms with Gasteiger partial charge in [0.1, 0.15) is 12.1 Å². The minimum atomic E-state index is 0.0358. The number of piperidine rings is 1. The molecule has 0 bridgehead atoms. The second kappa shape index (κ2) is 6.40. The minimum Gasteiger partial charge on any atom is -0.481 e. The third-order valence-corrected chi connectivity index (χ3v) is 5.32. The van der Waals surface area contributed by atoms with Crippen LogP contribution in [0.4, 0.5) is 5.82 Å². The third-order valence-electron chi connectivity index (χ3n) is 5.32. The molecule has 1 aromatic heterocycles. The molecule has 0 saturated carbocycles. The second-order valence-electron chi connectivity index (χ2n) is 6.71. The molecule has 2 fully saturated rings. The van der Waals surface area contributed by atoms with Crippen LogP contribution in [-0.2, 0) is 4.74 Å². The first-order valence-electron chi connectivity index (χ1n) is 8.58. The Morgan fingerprint density at radius 1 is 1.17 bits per heavy atom. The number of rotatable bonds is 3. The van der Waals surface area contributed by atoms with Crippen molar-refractivity contribution < 1.29 is 9.47 Å². The summed E-state index contributed by atoms with van der Waals surface area (Å²) in [6.45, 7) is 2.76. The number of nitrogens with zero attached hydrogens (tertiary/aromatic N) is 3. The van der Waals surface area contributed by atoms with E-state index in [1.54, 1.807) is 13.4 Å². The average molecular weight is 325 g/mol. The van der Waals surface area contributed by atoms with Gasteiger partial charge in [-0.3, -0.25) is 0 Å². The van der Waals surface area contributed by atoms with E-state index in [0.29, 0.717) is 11.8 Å². The first kappa shape index (κ1) is 15.4. The van der Waals surface area contributed by atoms with Gasteiger partial charge < -0.3 is 14.4 Å². The average Bonchev–Trinajstić information content (AvgIpc) is 3.07. The highest BCUT2D eigenvalue weighted by atomic mass is 16.5. The zero-order valence-corrected chi connectivity index (χ0v) is 14.0. The van der Waals surface area contributed by atoms with E-state index < -0.39 is 0 Å². The van der Waals surface area contributed by atoms with E-state index >= 15 is 0 Å². The van der Waals surface area contributed by atoms with Crippen LogP contribution in [-0.4, -0.2) is 42.4 Å². The van der Waals surface area contributed by atoms with Crippen LogP contribution in [0.5, 0.6) is 5.88 Å². The zero-order chi connectivity index (χ0) is 16.4. The van der Waals surface area contributed by atoms with Gasteiger partial charge >= 0.3 is 0 Å². The van der Waals surface area contributed by atoms with Gasteiger partial charge in [-0.1, -0.05) is 30.3 Å². The van der Waals surface area contributed by atoms with E-state index in [-0.39, 0.29) is 5.60 Å². The summed E-state index contributed by atoms with van der Waals surface area (Å²) in [4.78, 5) is 10.8. The van der Waals surface area contributed by atoms with E-state index in [1.807, 2.05) is 6.07 Å². The largest absolute Gasteiger partial charge is 0.481 e. The van der Waals surface area contributed by atoms with Crippen LogP contribution >= 0.6 is 0 Å². The zero-order valence-electron chi connectivity index (χ0n) is 14.0. The van der Waals surface area contributed by atoms with Crippen LogP contribution in [0.15, 0.2) is 42.7 Å². The normalized spacial score (nSPS) is 22.7. The highest BCUT2D eigenvalue weighted by Gasteiger charge is 2.43.